The molecule has 2 heterocycles. The van der Waals surface area contributed by atoms with Crippen molar-refractivity contribution >= 4 is 21.6 Å². The maximum Gasteiger partial charge on any atom is 0.239 e. The number of hydrazine groups is 1. The van der Waals surface area contributed by atoms with Crippen LogP contribution in [0.15, 0.2) is 6.07 Å². The van der Waals surface area contributed by atoms with Crippen LogP contribution in [0, 0.1) is 6.92 Å². The van der Waals surface area contributed by atoms with Gasteiger partial charge in [0, 0.05) is 18.3 Å². The molecule has 0 saturated carbocycles. The maximum atomic E-state index is 11.7. The predicted molar refractivity (Wildman–Crippen MR) is 69.9 cm³/mol. The van der Waals surface area contributed by atoms with Gasteiger partial charge in [-0.3, -0.25) is 5.43 Å². The molecule has 4 N–H and O–H groups in total. The Morgan fingerprint density at radius 3 is 2.89 bits per heavy atom. The van der Waals surface area contributed by atoms with E-state index in [1.54, 1.807) is 6.07 Å². The Morgan fingerprint density at radius 2 is 2.28 bits per heavy atom. The second-order valence-electron chi connectivity index (χ2n) is 4.37. The number of aryl methyl sites for hydroxylation is 1. The van der Waals surface area contributed by atoms with Gasteiger partial charge in [-0.25, -0.2) is 19.2 Å². The van der Waals surface area contributed by atoms with Gasteiger partial charge in [-0.2, -0.15) is 4.98 Å². The molecular weight excluding hydrogens is 254 g/mol. The molecule has 0 bridgehead atoms. The lowest BCUT2D eigenvalue weighted by molar-refractivity contribution is 0.591. The van der Waals surface area contributed by atoms with Crippen molar-refractivity contribution < 1.29 is 8.42 Å². The molecular formula is C10H17N5O2S. The Hall–Kier alpha value is -1.41. The molecule has 0 spiro atoms. The minimum atomic E-state index is -2.93. The first-order valence-corrected chi connectivity index (χ1v) is 7.50. The van der Waals surface area contributed by atoms with Crippen LogP contribution >= 0.6 is 0 Å². The van der Waals surface area contributed by atoms with Gasteiger partial charge in [0.1, 0.15) is 5.82 Å². The summed E-state index contributed by atoms with van der Waals surface area (Å²) in [6.45, 7) is 2.20. The second kappa shape index (κ2) is 5.07. The lowest BCUT2D eigenvalue weighted by Gasteiger charge is -2.12. The zero-order valence-corrected chi connectivity index (χ0v) is 11.0. The Bertz CT molecular complexity index is 531. The van der Waals surface area contributed by atoms with E-state index in [9.17, 15) is 8.42 Å². The summed E-state index contributed by atoms with van der Waals surface area (Å²) in [5.74, 6) is 6.43. The predicted octanol–water partition coefficient (Wildman–Crippen LogP) is 0.0597. The van der Waals surface area contributed by atoms with Crippen molar-refractivity contribution in [1.82, 2.24) is 9.97 Å². The number of aromatic nitrogens is 2. The number of nitrogens with zero attached hydrogens (tertiary/aromatic N) is 2. The highest BCUT2D eigenvalue weighted by Crippen LogP contribution is 2.20. The fraction of sp³-hybridized carbons (Fsp3) is 0.600. The van der Waals surface area contributed by atoms with E-state index < -0.39 is 9.84 Å². The van der Waals surface area contributed by atoms with Gasteiger partial charge in [-0.05, 0) is 19.8 Å². The second-order valence-corrected chi connectivity index (χ2v) is 6.78. The van der Waals surface area contributed by atoms with Crippen LogP contribution in [0.3, 0.4) is 0 Å². The van der Waals surface area contributed by atoms with Gasteiger partial charge in [-0.1, -0.05) is 0 Å². The molecule has 1 saturated heterocycles. The van der Waals surface area contributed by atoms with E-state index >= 15 is 0 Å². The van der Waals surface area contributed by atoms with Crippen LogP contribution in [0.25, 0.3) is 0 Å². The fourth-order valence-corrected chi connectivity index (χ4v) is 3.79. The third-order valence-corrected chi connectivity index (χ3v) is 5.23. The number of nitrogens with one attached hydrogen (secondary N) is 2. The van der Waals surface area contributed by atoms with Gasteiger partial charge < -0.3 is 5.32 Å². The summed E-state index contributed by atoms with van der Waals surface area (Å²) in [4.78, 5) is 8.16. The van der Waals surface area contributed by atoms with E-state index in [4.69, 9.17) is 5.84 Å². The first kappa shape index (κ1) is 13.0. The van der Waals surface area contributed by atoms with Gasteiger partial charge in [0.25, 0.3) is 0 Å². The first-order chi connectivity index (χ1) is 8.51. The average Bonchev–Trinajstić information content (AvgIpc) is 2.65. The molecule has 1 fully saturated rings. The first-order valence-electron chi connectivity index (χ1n) is 5.79. The average molecular weight is 271 g/mol. The van der Waals surface area contributed by atoms with E-state index in [2.05, 4.69) is 20.7 Å². The summed E-state index contributed by atoms with van der Waals surface area (Å²) >= 11 is 0. The quantitative estimate of drug-likeness (QED) is 0.524. The molecule has 1 aliphatic heterocycles. The molecule has 0 aromatic carbocycles. The van der Waals surface area contributed by atoms with Gasteiger partial charge in [0.2, 0.25) is 5.95 Å². The summed E-state index contributed by atoms with van der Waals surface area (Å²) in [6.07, 6.45) is 1.45. The van der Waals surface area contributed by atoms with Crippen molar-refractivity contribution in [3.63, 3.8) is 0 Å². The van der Waals surface area contributed by atoms with E-state index in [-0.39, 0.29) is 11.0 Å². The smallest absolute Gasteiger partial charge is 0.239 e. The lowest BCUT2D eigenvalue weighted by Crippen LogP contribution is -2.25. The molecule has 1 unspecified atom stereocenters. The van der Waals surface area contributed by atoms with Crippen molar-refractivity contribution in [3.05, 3.63) is 11.8 Å². The largest absolute Gasteiger partial charge is 0.369 e. The number of anilines is 2. The molecule has 0 amide bonds. The van der Waals surface area contributed by atoms with Gasteiger partial charge in [0.05, 0.1) is 11.0 Å². The van der Waals surface area contributed by atoms with Crippen molar-refractivity contribution in [3.8, 4) is 0 Å². The number of nitrogens with two attached hydrogens (primary N) is 1. The van der Waals surface area contributed by atoms with E-state index in [1.165, 1.54) is 0 Å². The van der Waals surface area contributed by atoms with Crippen LogP contribution in [-0.2, 0) is 9.84 Å². The highest BCUT2D eigenvalue weighted by atomic mass is 32.2. The molecule has 1 aromatic rings. The summed E-state index contributed by atoms with van der Waals surface area (Å²) < 4.78 is 23.3. The molecule has 18 heavy (non-hydrogen) atoms. The molecule has 0 radical (unpaired) electrons. The number of nitrogen functional groups attached to an aromatic ring is 1. The van der Waals surface area contributed by atoms with Crippen molar-refractivity contribution in [2.75, 3.05) is 23.0 Å². The highest BCUT2D eigenvalue weighted by molar-refractivity contribution is 7.92. The summed E-state index contributed by atoms with van der Waals surface area (Å²) in [7, 11) is -2.93. The number of hydrogen-bond acceptors (Lipinski definition) is 7. The zero-order chi connectivity index (χ0) is 13.2. The molecule has 8 heteroatoms. The zero-order valence-electron chi connectivity index (χ0n) is 10.2. The van der Waals surface area contributed by atoms with E-state index in [0.717, 1.165) is 12.1 Å². The molecule has 100 valence electrons. The van der Waals surface area contributed by atoms with Crippen molar-refractivity contribution in [2.45, 2.75) is 25.0 Å². The van der Waals surface area contributed by atoms with Crippen LogP contribution in [0.5, 0.6) is 0 Å². The Kier molecular flexibility index (Phi) is 3.67. The highest BCUT2D eigenvalue weighted by Gasteiger charge is 2.30. The Balaban J connectivity index is 2.04. The summed E-state index contributed by atoms with van der Waals surface area (Å²) in [6, 6.07) is 1.75. The fourth-order valence-electron chi connectivity index (χ4n) is 2.03. The van der Waals surface area contributed by atoms with E-state index in [1.807, 2.05) is 6.92 Å². The minimum absolute atomic E-state index is 0.289. The molecule has 7 nitrogen and oxygen atoms in total. The minimum Gasteiger partial charge on any atom is -0.369 e. The van der Waals surface area contributed by atoms with Crippen LogP contribution in [0.4, 0.5) is 11.8 Å². The molecule has 0 aliphatic carbocycles. The van der Waals surface area contributed by atoms with Gasteiger partial charge in [-0.15, -0.1) is 0 Å². The standard InChI is InChI=1S/C10H17N5O2S/c1-7-5-9(14-10(13-7)15-11)12-6-8-3-2-4-18(8,16)17/h5,8H,2-4,6,11H2,1H3,(H2,12,13,14,15). The number of rotatable bonds is 4. The van der Waals surface area contributed by atoms with Gasteiger partial charge in [0.15, 0.2) is 9.84 Å². The molecule has 1 aromatic heterocycles. The van der Waals surface area contributed by atoms with Crippen LogP contribution in [0.1, 0.15) is 18.5 Å². The number of hydrogen-bond donors (Lipinski definition) is 3. The van der Waals surface area contributed by atoms with Crippen LogP contribution in [-0.4, -0.2) is 35.9 Å². The van der Waals surface area contributed by atoms with Crippen LogP contribution in [0.2, 0.25) is 0 Å². The monoisotopic (exact) mass is 271 g/mol. The molecule has 1 aliphatic rings. The molecule has 2 rings (SSSR count). The van der Waals surface area contributed by atoms with Crippen LogP contribution < -0.4 is 16.6 Å². The Labute approximate surface area is 106 Å². The summed E-state index contributed by atoms with van der Waals surface area (Å²) in [5.41, 5.74) is 3.13. The summed E-state index contributed by atoms with van der Waals surface area (Å²) in [5, 5.41) is 2.71. The molecule has 1 atom stereocenters. The normalized spacial score (nSPS) is 21.8. The third-order valence-electron chi connectivity index (χ3n) is 2.96. The van der Waals surface area contributed by atoms with Gasteiger partial charge >= 0.3 is 0 Å². The topological polar surface area (TPSA) is 110 Å². The Morgan fingerprint density at radius 1 is 1.50 bits per heavy atom. The SMILES string of the molecule is Cc1cc(NCC2CCCS2(=O)=O)nc(NN)n1. The van der Waals surface area contributed by atoms with Crippen molar-refractivity contribution in [2.24, 2.45) is 5.84 Å². The maximum absolute atomic E-state index is 11.7. The number of sulfone groups is 1. The van der Waals surface area contributed by atoms with E-state index in [0.29, 0.717) is 24.7 Å². The van der Waals surface area contributed by atoms with Crippen molar-refractivity contribution in [1.29, 1.82) is 0 Å². The third kappa shape index (κ3) is 2.88. The lowest BCUT2D eigenvalue weighted by atomic mass is 10.2.